The molecule has 0 amide bonds. The molecule has 1 atom stereocenters. The molecule has 0 saturated carbocycles. The van der Waals surface area contributed by atoms with Crippen molar-refractivity contribution in [2.45, 2.75) is 39.2 Å². The number of carboxylic acids is 1. The van der Waals surface area contributed by atoms with Crippen LogP contribution in [0.4, 0.5) is 0 Å². The van der Waals surface area contributed by atoms with Crippen molar-refractivity contribution in [3.05, 3.63) is 47.0 Å². The summed E-state index contributed by atoms with van der Waals surface area (Å²) in [7, 11) is 0. The molecule has 1 rings (SSSR count). The first kappa shape index (κ1) is 16.2. The Bertz CT molecular complexity index is 499. The Morgan fingerprint density at radius 1 is 1.30 bits per heavy atom. The van der Waals surface area contributed by atoms with Gasteiger partial charge in [-0.2, -0.15) is 0 Å². The van der Waals surface area contributed by atoms with Gasteiger partial charge < -0.3 is 10.2 Å². The number of hydrogen-bond acceptors (Lipinski definition) is 2. The summed E-state index contributed by atoms with van der Waals surface area (Å²) in [6.07, 6.45) is 8.79. The largest absolute Gasteiger partial charge is 0.481 e. The van der Waals surface area contributed by atoms with Gasteiger partial charge in [-0.25, -0.2) is 0 Å². The summed E-state index contributed by atoms with van der Waals surface area (Å²) >= 11 is 0. The zero-order valence-corrected chi connectivity index (χ0v) is 12.0. The highest BCUT2D eigenvalue weighted by Crippen LogP contribution is 2.16. The van der Waals surface area contributed by atoms with Gasteiger partial charge in [-0.15, -0.1) is 0 Å². The Morgan fingerprint density at radius 3 is 2.70 bits per heavy atom. The van der Waals surface area contributed by atoms with Gasteiger partial charge in [0.15, 0.2) is 0 Å². The minimum atomic E-state index is -0.755. The summed E-state index contributed by atoms with van der Waals surface area (Å²) in [5.41, 5.74) is 3.29. The van der Waals surface area contributed by atoms with Crippen LogP contribution in [0.1, 0.15) is 42.9 Å². The zero-order valence-electron chi connectivity index (χ0n) is 12.0. The van der Waals surface area contributed by atoms with Crippen LogP contribution in [0.15, 0.2) is 30.4 Å². The van der Waals surface area contributed by atoms with E-state index in [2.05, 4.69) is 6.07 Å². The standard InChI is InChI=1S/C17H22O3/c1-13-8-10-15(6-4-3-5-7-17(19)20)16(12-13)11-9-14(2)18/h4,6,8-12,14,18H,3,5,7H2,1-2H3,(H,19,20)/b6-4+,11-9+. The van der Waals surface area contributed by atoms with Gasteiger partial charge >= 0.3 is 5.97 Å². The van der Waals surface area contributed by atoms with Gasteiger partial charge in [-0.3, -0.25) is 4.79 Å². The zero-order chi connectivity index (χ0) is 15.0. The van der Waals surface area contributed by atoms with Crippen molar-refractivity contribution in [3.8, 4) is 0 Å². The van der Waals surface area contributed by atoms with Crippen molar-refractivity contribution in [1.82, 2.24) is 0 Å². The van der Waals surface area contributed by atoms with Crippen molar-refractivity contribution >= 4 is 18.1 Å². The lowest BCUT2D eigenvalue weighted by Crippen LogP contribution is -1.93. The molecule has 1 aromatic carbocycles. The van der Waals surface area contributed by atoms with E-state index in [9.17, 15) is 9.90 Å². The van der Waals surface area contributed by atoms with Crippen molar-refractivity contribution < 1.29 is 15.0 Å². The third-order valence-electron chi connectivity index (χ3n) is 2.86. The van der Waals surface area contributed by atoms with Crippen LogP contribution in [0.3, 0.4) is 0 Å². The maximum absolute atomic E-state index is 10.4. The van der Waals surface area contributed by atoms with E-state index in [0.717, 1.165) is 17.5 Å². The molecular weight excluding hydrogens is 252 g/mol. The van der Waals surface area contributed by atoms with Gasteiger partial charge in [0.2, 0.25) is 0 Å². The monoisotopic (exact) mass is 274 g/mol. The van der Waals surface area contributed by atoms with Crippen LogP contribution >= 0.6 is 0 Å². The molecule has 0 bridgehead atoms. The first-order chi connectivity index (χ1) is 9.49. The number of rotatable bonds is 7. The third kappa shape index (κ3) is 6.34. The summed E-state index contributed by atoms with van der Waals surface area (Å²) in [6.45, 7) is 3.74. The number of benzene rings is 1. The first-order valence-corrected chi connectivity index (χ1v) is 6.84. The molecule has 1 aromatic rings. The second-order valence-corrected chi connectivity index (χ2v) is 4.92. The topological polar surface area (TPSA) is 57.5 Å². The molecule has 0 radical (unpaired) electrons. The fraction of sp³-hybridized carbons (Fsp3) is 0.353. The molecule has 0 aliphatic heterocycles. The van der Waals surface area contributed by atoms with Gasteiger partial charge in [-0.05, 0) is 37.8 Å². The van der Waals surface area contributed by atoms with E-state index in [1.165, 1.54) is 5.56 Å². The Labute approximate surface area is 120 Å². The molecule has 0 aliphatic rings. The first-order valence-electron chi connectivity index (χ1n) is 6.84. The predicted octanol–water partition coefficient (Wildman–Crippen LogP) is 3.66. The molecule has 3 nitrogen and oxygen atoms in total. The van der Waals surface area contributed by atoms with Crippen LogP contribution in [-0.2, 0) is 4.79 Å². The minimum absolute atomic E-state index is 0.201. The average molecular weight is 274 g/mol. The third-order valence-corrected chi connectivity index (χ3v) is 2.86. The maximum atomic E-state index is 10.4. The summed E-state index contributed by atoms with van der Waals surface area (Å²) in [5.74, 6) is -0.755. The molecule has 0 heterocycles. The molecule has 0 aliphatic carbocycles. The fourth-order valence-electron chi connectivity index (χ4n) is 1.81. The number of aliphatic carboxylic acids is 1. The van der Waals surface area contributed by atoms with Gasteiger partial charge in [0.05, 0.1) is 6.10 Å². The second-order valence-electron chi connectivity index (χ2n) is 4.92. The molecule has 0 spiro atoms. The number of aliphatic hydroxyl groups excluding tert-OH is 1. The number of carboxylic acid groups (broad SMARTS) is 1. The van der Waals surface area contributed by atoms with Crippen molar-refractivity contribution in [3.63, 3.8) is 0 Å². The van der Waals surface area contributed by atoms with E-state index in [1.807, 2.05) is 37.3 Å². The molecule has 2 N–H and O–H groups in total. The molecule has 20 heavy (non-hydrogen) atoms. The summed E-state index contributed by atoms with van der Waals surface area (Å²) in [6, 6.07) is 6.14. The lowest BCUT2D eigenvalue weighted by atomic mass is 10.0. The highest BCUT2D eigenvalue weighted by molar-refractivity contribution is 5.67. The van der Waals surface area contributed by atoms with Crippen LogP contribution in [-0.4, -0.2) is 22.3 Å². The highest BCUT2D eigenvalue weighted by atomic mass is 16.4. The number of hydrogen-bond donors (Lipinski definition) is 2. The maximum Gasteiger partial charge on any atom is 0.303 e. The molecule has 1 unspecified atom stereocenters. The average Bonchev–Trinajstić information content (AvgIpc) is 2.37. The Balaban J connectivity index is 2.73. The number of unbranched alkanes of at least 4 members (excludes halogenated alkanes) is 1. The number of carbonyl (C=O) groups is 1. The SMILES string of the molecule is Cc1ccc(/C=C/CCCC(=O)O)c(/C=C/C(C)O)c1. The molecule has 3 heteroatoms. The molecule has 108 valence electrons. The Morgan fingerprint density at radius 2 is 2.05 bits per heavy atom. The summed E-state index contributed by atoms with van der Waals surface area (Å²) in [5, 5.41) is 17.9. The van der Waals surface area contributed by atoms with Crippen LogP contribution in [0, 0.1) is 6.92 Å². The Hall–Kier alpha value is -1.87. The van der Waals surface area contributed by atoms with Gasteiger partial charge in [0.1, 0.15) is 0 Å². The lowest BCUT2D eigenvalue weighted by Gasteiger charge is -2.04. The molecule has 0 saturated heterocycles. The molecule has 0 aromatic heterocycles. The highest BCUT2D eigenvalue weighted by Gasteiger charge is 1.98. The van der Waals surface area contributed by atoms with Crippen LogP contribution < -0.4 is 0 Å². The van der Waals surface area contributed by atoms with Crippen molar-refractivity contribution in [2.24, 2.45) is 0 Å². The lowest BCUT2D eigenvalue weighted by molar-refractivity contribution is -0.137. The van der Waals surface area contributed by atoms with Gasteiger partial charge in [0, 0.05) is 6.42 Å². The van der Waals surface area contributed by atoms with E-state index in [4.69, 9.17) is 5.11 Å². The molecular formula is C17H22O3. The normalized spacial score (nSPS) is 13.2. The molecule has 0 fully saturated rings. The van der Waals surface area contributed by atoms with Crippen LogP contribution in [0.25, 0.3) is 12.2 Å². The van der Waals surface area contributed by atoms with Crippen molar-refractivity contribution in [1.29, 1.82) is 0 Å². The number of allylic oxidation sites excluding steroid dienone is 1. The second kappa shape index (κ2) is 8.33. The van der Waals surface area contributed by atoms with Crippen LogP contribution in [0.5, 0.6) is 0 Å². The predicted molar refractivity (Wildman–Crippen MR) is 82.4 cm³/mol. The van der Waals surface area contributed by atoms with E-state index < -0.39 is 12.1 Å². The Kier molecular flexibility index (Phi) is 6.74. The number of aliphatic hydroxyl groups is 1. The fourth-order valence-corrected chi connectivity index (χ4v) is 1.81. The van der Waals surface area contributed by atoms with Crippen LogP contribution in [0.2, 0.25) is 0 Å². The van der Waals surface area contributed by atoms with E-state index in [1.54, 1.807) is 13.0 Å². The van der Waals surface area contributed by atoms with E-state index >= 15 is 0 Å². The van der Waals surface area contributed by atoms with E-state index in [-0.39, 0.29) is 6.42 Å². The summed E-state index contributed by atoms with van der Waals surface area (Å²) < 4.78 is 0. The van der Waals surface area contributed by atoms with Gasteiger partial charge in [0.25, 0.3) is 0 Å². The smallest absolute Gasteiger partial charge is 0.303 e. The van der Waals surface area contributed by atoms with E-state index in [0.29, 0.717) is 6.42 Å². The number of aryl methyl sites for hydroxylation is 1. The van der Waals surface area contributed by atoms with Gasteiger partial charge in [-0.1, -0.05) is 48.1 Å². The summed E-state index contributed by atoms with van der Waals surface area (Å²) in [4.78, 5) is 10.4. The minimum Gasteiger partial charge on any atom is -0.481 e. The quantitative estimate of drug-likeness (QED) is 0.746. The van der Waals surface area contributed by atoms with Crippen molar-refractivity contribution in [2.75, 3.05) is 0 Å².